The topological polar surface area (TPSA) is 38.8 Å². The second-order valence-corrected chi connectivity index (χ2v) is 4.29. The summed E-state index contributed by atoms with van der Waals surface area (Å²) in [5, 5.41) is 0. The molecule has 19 heavy (non-hydrogen) atoms. The number of rotatable bonds is 7. The van der Waals surface area contributed by atoms with Gasteiger partial charge in [0.15, 0.2) is 0 Å². The lowest BCUT2D eigenvalue weighted by molar-refractivity contribution is 0.0643. The first-order valence-corrected chi connectivity index (χ1v) is 6.26. The molecular formula is C15H21NO3. The van der Waals surface area contributed by atoms with Gasteiger partial charge in [0, 0.05) is 13.7 Å². The zero-order valence-electron chi connectivity index (χ0n) is 11.5. The average Bonchev–Trinajstić information content (AvgIpc) is 2.43. The minimum Gasteiger partial charge on any atom is -0.445 e. The highest BCUT2D eigenvalue weighted by molar-refractivity contribution is 5.68. The Morgan fingerprint density at radius 3 is 2.68 bits per heavy atom. The monoisotopic (exact) mass is 263 g/mol. The third kappa shape index (κ3) is 5.14. The molecule has 0 saturated heterocycles. The number of carbonyl (C=O) groups is 1. The Kier molecular flexibility index (Phi) is 6.68. The van der Waals surface area contributed by atoms with Gasteiger partial charge in [-0.3, -0.25) is 4.90 Å². The second-order valence-electron chi connectivity index (χ2n) is 4.29. The molecule has 4 heteroatoms. The van der Waals surface area contributed by atoms with Gasteiger partial charge in [-0.25, -0.2) is 4.79 Å². The van der Waals surface area contributed by atoms with Crippen molar-refractivity contribution in [3.8, 4) is 0 Å². The summed E-state index contributed by atoms with van der Waals surface area (Å²) in [7, 11) is 1.61. The summed E-state index contributed by atoms with van der Waals surface area (Å²) in [4.78, 5) is 13.6. The molecule has 1 amide bonds. The highest BCUT2D eigenvalue weighted by atomic mass is 16.6. The number of carbonyl (C=O) groups excluding carboxylic acids is 1. The first-order chi connectivity index (χ1) is 9.19. The molecule has 0 saturated carbocycles. The maximum Gasteiger partial charge on any atom is 0.410 e. The van der Waals surface area contributed by atoms with Crippen molar-refractivity contribution in [2.24, 2.45) is 0 Å². The molecule has 0 spiro atoms. The molecule has 0 radical (unpaired) electrons. The van der Waals surface area contributed by atoms with Gasteiger partial charge >= 0.3 is 6.09 Å². The molecule has 0 fully saturated rings. The Labute approximate surface area is 114 Å². The molecule has 1 rings (SSSR count). The maximum atomic E-state index is 12.0. The van der Waals surface area contributed by atoms with Crippen LogP contribution in [0.2, 0.25) is 0 Å². The minimum absolute atomic E-state index is 0.0497. The van der Waals surface area contributed by atoms with Crippen molar-refractivity contribution in [2.45, 2.75) is 19.6 Å². The number of benzene rings is 1. The SMILES string of the molecule is C=CCN(C(=O)OCc1ccccc1)C(C)COC. The maximum absolute atomic E-state index is 12.0. The van der Waals surface area contributed by atoms with E-state index in [1.54, 1.807) is 18.1 Å². The van der Waals surface area contributed by atoms with E-state index in [2.05, 4.69) is 6.58 Å². The van der Waals surface area contributed by atoms with Crippen LogP contribution in [0.25, 0.3) is 0 Å². The second kappa shape index (κ2) is 8.32. The Hall–Kier alpha value is -1.81. The Morgan fingerprint density at radius 2 is 2.11 bits per heavy atom. The molecular weight excluding hydrogens is 242 g/mol. The molecule has 1 unspecified atom stereocenters. The van der Waals surface area contributed by atoms with Gasteiger partial charge in [-0.1, -0.05) is 36.4 Å². The predicted octanol–water partition coefficient (Wildman–Crippen LogP) is 2.85. The van der Waals surface area contributed by atoms with Crippen LogP contribution in [-0.2, 0) is 16.1 Å². The van der Waals surface area contributed by atoms with Crippen molar-refractivity contribution in [1.82, 2.24) is 4.90 Å². The van der Waals surface area contributed by atoms with Gasteiger partial charge in [-0.15, -0.1) is 6.58 Å². The lowest BCUT2D eigenvalue weighted by atomic mass is 10.2. The van der Waals surface area contributed by atoms with Crippen molar-refractivity contribution in [1.29, 1.82) is 0 Å². The van der Waals surface area contributed by atoms with Crippen LogP contribution in [0.1, 0.15) is 12.5 Å². The smallest absolute Gasteiger partial charge is 0.410 e. The zero-order valence-corrected chi connectivity index (χ0v) is 11.5. The van der Waals surface area contributed by atoms with Crippen LogP contribution in [0.4, 0.5) is 4.79 Å². The van der Waals surface area contributed by atoms with Crippen molar-refractivity contribution in [3.63, 3.8) is 0 Å². The molecule has 0 aliphatic heterocycles. The van der Waals surface area contributed by atoms with Crippen LogP contribution in [0.5, 0.6) is 0 Å². The van der Waals surface area contributed by atoms with E-state index in [4.69, 9.17) is 9.47 Å². The Bertz CT molecular complexity index is 392. The molecule has 104 valence electrons. The van der Waals surface area contributed by atoms with E-state index < -0.39 is 0 Å². The summed E-state index contributed by atoms with van der Waals surface area (Å²) in [6.07, 6.45) is 1.32. The lowest BCUT2D eigenvalue weighted by Crippen LogP contribution is -2.41. The highest BCUT2D eigenvalue weighted by Crippen LogP contribution is 2.07. The van der Waals surface area contributed by atoms with Gasteiger partial charge in [-0.2, -0.15) is 0 Å². The van der Waals surface area contributed by atoms with Gasteiger partial charge in [0.25, 0.3) is 0 Å². The molecule has 0 aliphatic carbocycles. The minimum atomic E-state index is -0.353. The number of hydrogen-bond donors (Lipinski definition) is 0. The number of amides is 1. The fourth-order valence-corrected chi connectivity index (χ4v) is 1.71. The standard InChI is InChI=1S/C15H21NO3/c1-4-10-16(13(2)11-18-3)15(17)19-12-14-8-6-5-7-9-14/h4-9,13H,1,10-12H2,2-3H3. The molecule has 0 heterocycles. The summed E-state index contributed by atoms with van der Waals surface area (Å²) in [5.41, 5.74) is 0.966. The molecule has 0 N–H and O–H groups in total. The van der Waals surface area contributed by atoms with Crippen LogP contribution in [-0.4, -0.2) is 37.3 Å². The molecule has 1 atom stereocenters. The van der Waals surface area contributed by atoms with E-state index in [1.807, 2.05) is 37.3 Å². The summed E-state index contributed by atoms with van der Waals surface area (Å²) < 4.78 is 10.4. The largest absolute Gasteiger partial charge is 0.445 e. The quantitative estimate of drug-likeness (QED) is 0.710. The number of ether oxygens (including phenoxy) is 2. The third-order valence-electron chi connectivity index (χ3n) is 2.71. The van der Waals surface area contributed by atoms with E-state index in [-0.39, 0.29) is 18.7 Å². The van der Waals surface area contributed by atoms with Gasteiger partial charge in [0.2, 0.25) is 0 Å². The van der Waals surface area contributed by atoms with Gasteiger partial charge in [-0.05, 0) is 12.5 Å². The van der Waals surface area contributed by atoms with Gasteiger partial charge in [0.1, 0.15) is 6.61 Å². The van der Waals surface area contributed by atoms with Crippen LogP contribution < -0.4 is 0 Å². The van der Waals surface area contributed by atoms with Crippen molar-refractivity contribution < 1.29 is 14.3 Å². The summed E-state index contributed by atoms with van der Waals surface area (Å²) >= 11 is 0. The molecule has 1 aromatic carbocycles. The van der Waals surface area contributed by atoms with E-state index in [1.165, 1.54) is 0 Å². The van der Waals surface area contributed by atoms with Gasteiger partial charge < -0.3 is 9.47 Å². The molecule has 0 aliphatic rings. The van der Waals surface area contributed by atoms with E-state index in [0.717, 1.165) is 5.56 Å². The zero-order chi connectivity index (χ0) is 14.1. The van der Waals surface area contributed by atoms with Crippen LogP contribution in [0, 0.1) is 0 Å². The van der Waals surface area contributed by atoms with Crippen LogP contribution in [0.15, 0.2) is 43.0 Å². The molecule has 0 bridgehead atoms. The summed E-state index contributed by atoms with van der Waals surface area (Å²) in [6.45, 7) is 6.75. The normalized spacial score (nSPS) is 11.7. The van der Waals surface area contributed by atoms with E-state index >= 15 is 0 Å². The fraction of sp³-hybridized carbons (Fsp3) is 0.400. The average molecular weight is 263 g/mol. The molecule has 1 aromatic rings. The van der Waals surface area contributed by atoms with Crippen molar-refractivity contribution >= 4 is 6.09 Å². The van der Waals surface area contributed by atoms with Gasteiger partial charge in [0.05, 0.1) is 12.6 Å². The summed E-state index contributed by atoms with van der Waals surface area (Å²) in [5.74, 6) is 0. The Morgan fingerprint density at radius 1 is 1.42 bits per heavy atom. The van der Waals surface area contributed by atoms with E-state index in [9.17, 15) is 4.79 Å². The summed E-state index contributed by atoms with van der Waals surface area (Å²) in [6, 6.07) is 9.55. The highest BCUT2D eigenvalue weighted by Gasteiger charge is 2.20. The Balaban J connectivity index is 2.54. The van der Waals surface area contributed by atoms with Crippen molar-refractivity contribution in [3.05, 3.63) is 48.6 Å². The number of hydrogen-bond acceptors (Lipinski definition) is 3. The van der Waals surface area contributed by atoms with Crippen molar-refractivity contribution in [2.75, 3.05) is 20.3 Å². The number of methoxy groups -OCH3 is 1. The first-order valence-electron chi connectivity index (χ1n) is 6.26. The fourth-order valence-electron chi connectivity index (χ4n) is 1.71. The van der Waals surface area contributed by atoms with Crippen LogP contribution >= 0.6 is 0 Å². The first kappa shape index (κ1) is 15.2. The third-order valence-corrected chi connectivity index (χ3v) is 2.71. The number of nitrogens with zero attached hydrogens (tertiary/aromatic N) is 1. The molecule has 4 nitrogen and oxygen atoms in total. The lowest BCUT2D eigenvalue weighted by Gasteiger charge is -2.26. The van der Waals surface area contributed by atoms with E-state index in [0.29, 0.717) is 13.2 Å². The molecule has 0 aromatic heterocycles. The predicted molar refractivity (Wildman–Crippen MR) is 74.9 cm³/mol. The van der Waals surface area contributed by atoms with Crippen LogP contribution in [0.3, 0.4) is 0 Å².